The van der Waals surface area contributed by atoms with Gasteiger partial charge in [0.1, 0.15) is 6.07 Å². The van der Waals surface area contributed by atoms with Crippen molar-refractivity contribution in [3.8, 4) is 6.07 Å². The van der Waals surface area contributed by atoms with E-state index in [4.69, 9.17) is 15.7 Å². The lowest BCUT2D eigenvalue weighted by Crippen LogP contribution is -2.49. The number of halogens is 1. The molecule has 0 bridgehead atoms. The van der Waals surface area contributed by atoms with Gasteiger partial charge in [-0.1, -0.05) is 0 Å². The van der Waals surface area contributed by atoms with Crippen molar-refractivity contribution in [2.75, 3.05) is 31.2 Å². The van der Waals surface area contributed by atoms with E-state index in [1.54, 1.807) is 6.20 Å². The topological polar surface area (TPSA) is 75.2 Å². The van der Waals surface area contributed by atoms with Crippen LogP contribution in [0.2, 0.25) is 0 Å². The zero-order valence-electron chi connectivity index (χ0n) is 9.27. The Morgan fingerprint density at radius 3 is 3.24 bits per heavy atom. The van der Waals surface area contributed by atoms with Gasteiger partial charge in [-0.05, 0) is 22.0 Å². The first-order valence-electron chi connectivity index (χ1n) is 5.36. The summed E-state index contributed by atoms with van der Waals surface area (Å²) in [5, 5.41) is 9.08. The summed E-state index contributed by atoms with van der Waals surface area (Å²) < 4.78 is 6.25. The van der Waals surface area contributed by atoms with Crippen LogP contribution in [0.15, 0.2) is 16.7 Å². The maximum absolute atomic E-state index is 9.08. The van der Waals surface area contributed by atoms with Crippen molar-refractivity contribution < 1.29 is 4.74 Å². The largest absolute Gasteiger partial charge is 0.377 e. The number of hydrogen-bond acceptors (Lipinski definition) is 5. The van der Waals surface area contributed by atoms with E-state index >= 15 is 0 Å². The molecule has 5 nitrogen and oxygen atoms in total. The van der Waals surface area contributed by atoms with Gasteiger partial charge in [0.05, 0.1) is 24.9 Å². The third kappa shape index (κ3) is 2.57. The predicted molar refractivity (Wildman–Crippen MR) is 67.7 cm³/mol. The van der Waals surface area contributed by atoms with Crippen LogP contribution >= 0.6 is 15.9 Å². The second-order valence-corrected chi connectivity index (χ2v) is 4.71. The van der Waals surface area contributed by atoms with Crippen LogP contribution in [0.5, 0.6) is 0 Å². The minimum Gasteiger partial charge on any atom is -0.377 e. The molecule has 2 heterocycles. The molecule has 1 saturated heterocycles. The Kier molecular flexibility index (Phi) is 3.94. The maximum atomic E-state index is 9.08. The van der Waals surface area contributed by atoms with Crippen molar-refractivity contribution in [3.05, 3.63) is 22.4 Å². The normalized spacial score (nSPS) is 20.1. The summed E-state index contributed by atoms with van der Waals surface area (Å²) in [6.07, 6.45) is 1.62. The lowest BCUT2D eigenvalue weighted by Gasteiger charge is -2.36. The smallest absolute Gasteiger partial charge is 0.163 e. The molecule has 0 aromatic carbocycles. The van der Waals surface area contributed by atoms with Gasteiger partial charge in [-0.3, -0.25) is 0 Å². The summed E-state index contributed by atoms with van der Waals surface area (Å²) in [5.74, 6) is 0. The fraction of sp³-hybridized carbons (Fsp3) is 0.455. The average molecular weight is 297 g/mol. The molecule has 0 aliphatic carbocycles. The van der Waals surface area contributed by atoms with Crippen molar-refractivity contribution in [2.24, 2.45) is 5.73 Å². The number of nitrogens with zero attached hydrogens (tertiary/aromatic N) is 3. The second kappa shape index (κ2) is 5.45. The van der Waals surface area contributed by atoms with Gasteiger partial charge < -0.3 is 15.4 Å². The Balaban J connectivity index is 2.37. The van der Waals surface area contributed by atoms with Gasteiger partial charge in [0.2, 0.25) is 0 Å². The molecule has 1 aliphatic rings. The zero-order chi connectivity index (χ0) is 12.3. The van der Waals surface area contributed by atoms with Crippen molar-refractivity contribution in [3.63, 3.8) is 0 Å². The fourth-order valence-electron chi connectivity index (χ4n) is 1.90. The molecule has 0 saturated carbocycles. The molecule has 1 atom stereocenters. The van der Waals surface area contributed by atoms with Gasteiger partial charge in [-0.25, -0.2) is 4.98 Å². The zero-order valence-corrected chi connectivity index (χ0v) is 10.9. The van der Waals surface area contributed by atoms with Gasteiger partial charge in [-0.2, -0.15) is 5.26 Å². The molecule has 90 valence electrons. The van der Waals surface area contributed by atoms with E-state index < -0.39 is 0 Å². The molecule has 1 unspecified atom stereocenters. The molecule has 1 aromatic heterocycles. The first-order valence-corrected chi connectivity index (χ1v) is 6.15. The Hall–Kier alpha value is -1.16. The van der Waals surface area contributed by atoms with Crippen LogP contribution in [0.25, 0.3) is 0 Å². The Labute approximate surface area is 108 Å². The molecule has 0 spiro atoms. The maximum Gasteiger partial charge on any atom is 0.163 e. The summed E-state index contributed by atoms with van der Waals surface area (Å²) in [5.41, 5.74) is 6.97. The number of aromatic nitrogens is 1. The summed E-state index contributed by atoms with van der Waals surface area (Å²) in [6, 6.07) is 4.12. The molecule has 1 aliphatic heterocycles. The molecule has 2 N–H and O–H groups in total. The highest BCUT2D eigenvalue weighted by Gasteiger charge is 2.24. The monoisotopic (exact) mass is 296 g/mol. The number of hydrogen-bond donors (Lipinski definition) is 1. The minimum atomic E-state index is 0.104. The fourth-order valence-corrected chi connectivity index (χ4v) is 2.22. The van der Waals surface area contributed by atoms with Gasteiger partial charge in [0.15, 0.2) is 5.69 Å². The minimum absolute atomic E-state index is 0.104. The molecule has 1 fully saturated rings. The summed E-state index contributed by atoms with van der Waals surface area (Å²) in [7, 11) is 0. The molecular weight excluding hydrogens is 284 g/mol. The van der Waals surface area contributed by atoms with Crippen LogP contribution in [0.4, 0.5) is 5.69 Å². The first-order chi connectivity index (χ1) is 8.26. The third-order valence-electron chi connectivity index (χ3n) is 2.75. The predicted octanol–water partition coefficient (Wildman–Crippen LogP) is 0.880. The number of anilines is 1. The number of rotatable bonds is 2. The van der Waals surface area contributed by atoms with E-state index in [0.717, 1.165) is 16.7 Å². The van der Waals surface area contributed by atoms with Crippen molar-refractivity contribution in [1.29, 1.82) is 5.26 Å². The summed E-state index contributed by atoms with van der Waals surface area (Å²) >= 11 is 3.37. The van der Waals surface area contributed by atoms with Crippen LogP contribution < -0.4 is 10.6 Å². The van der Waals surface area contributed by atoms with Gasteiger partial charge >= 0.3 is 0 Å². The van der Waals surface area contributed by atoms with E-state index in [1.165, 1.54) is 0 Å². The van der Waals surface area contributed by atoms with Crippen LogP contribution in [0.1, 0.15) is 5.69 Å². The van der Waals surface area contributed by atoms with E-state index in [-0.39, 0.29) is 6.04 Å². The van der Waals surface area contributed by atoms with E-state index in [0.29, 0.717) is 25.5 Å². The van der Waals surface area contributed by atoms with Gasteiger partial charge in [-0.15, -0.1) is 0 Å². The molecule has 2 rings (SSSR count). The van der Waals surface area contributed by atoms with Gasteiger partial charge in [0, 0.05) is 23.8 Å². The Morgan fingerprint density at radius 2 is 2.53 bits per heavy atom. The highest BCUT2D eigenvalue weighted by atomic mass is 79.9. The van der Waals surface area contributed by atoms with Crippen LogP contribution in [-0.4, -0.2) is 37.3 Å². The quantitative estimate of drug-likeness (QED) is 0.877. The SMILES string of the molecule is N#Cc1ncc(Br)cc1N1CCOCC1CN. The Bertz CT molecular complexity index is 446. The van der Waals surface area contributed by atoms with Crippen molar-refractivity contribution in [1.82, 2.24) is 4.98 Å². The average Bonchev–Trinajstić information content (AvgIpc) is 2.38. The summed E-state index contributed by atoms with van der Waals surface area (Å²) in [4.78, 5) is 6.21. The van der Waals surface area contributed by atoms with Crippen molar-refractivity contribution in [2.45, 2.75) is 6.04 Å². The standard InChI is InChI=1S/C11H13BrN4O/c12-8-3-11(10(5-14)15-6-8)16-1-2-17-7-9(16)4-13/h3,6,9H,1-2,4,7,13H2. The number of ether oxygens (including phenoxy) is 1. The van der Waals surface area contributed by atoms with Crippen LogP contribution in [-0.2, 0) is 4.74 Å². The van der Waals surface area contributed by atoms with Crippen LogP contribution in [0.3, 0.4) is 0 Å². The molecule has 0 amide bonds. The summed E-state index contributed by atoms with van der Waals surface area (Å²) in [6.45, 7) is 2.47. The number of nitriles is 1. The molecule has 1 aromatic rings. The van der Waals surface area contributed by atoms with E-state index in [9.17, 15) is 0 Å². The molecular formula is C11H13BrN4O. The first kappa shape index (κ1) is 12.3. The second-order valence-electron chi connectivity index (χ2n) is 3.79. The Morgan fingerprint density at radius 1 is 1.71 bits per heavy atom. The lowest BCUT2D eigenvalue weighted by molar-refractivity contribution is 0.0962. The van der Waals surface area contributed by atoms with E-state index in [2.05, 4.69) is 31.9 Å². The molecule has 17 heavy (non-hydrogen) atoms. The number of morpholine rings is 1. The van der Waals surface area contributed by atoms with Gasteiger partial charge in [0.25, 0.3) is 0 Å². The lowest BCUT2D eigenvalue weighted by atomic mass is 10.1. The van der Waals surface area contributed by atoms with Crippen LogP contribution in [0, 0.1) is 11.3 Å². The molecule has 6 heteroatoms. The number of pyridine rings is 1. The highest BCUT2D eigenvalue weighted by Crippen LogP contribution is 2.25. The number of nitrogens with two attached hydrogens (primary N) is 1. The highest BCUT2D eigenvalue weighted by molar-refractivity contribution is 9.10. The third-order valence-corrected chi connectivity index (χ3v) is 3.18. The van der Waals surface area contributed by atoms with Crippen molar-refractivity contribution >= 4 is 21.6 Å². The van der Waals surface area contributed by atoms with E-state index in [1.807, 2.05) is 6.07 Å². The molecule has 0 radical (unpaired) electrons.